The molecule has 0 saturated carbocycles. The average Bonchev–Trinajstić information content (AvgIpc) is 3.31. The van der Waals surface area contributed by atoms with Crippen molar-refractivity contribution in [1.82, 2.24) is 25.4 Å². The van der Waals surface area contributed by atoms with E-state index < -0.39 is 0 Å². The van der Waals surface area contributed by atoms with Gasteiger partial charge in [-0.1, -0.05) is 5.16 Å². The van der Waals surface area contributed by atoms with Crippen LogP contribution in [0.5, 0.6) is 0 Å². The number of aromatic nitrogens is 4. The third-order valence-corrected chi connectivity index (χ3v) is 4.43. The number of benzene rings is 1. The van der Waals surface area contributed by atoms with E-state index in [0.717, 1.165) is 29.7 Å². The molecule has 1 aliphatic rings. The van der Waals surface area contributed by atoms with Crippen LogP contribution in [0.1, 0.15) is 52.4 Å². The summed E-state index contributed by atoms with van der Waals surface area (Å²) in [5.41, 5.74) is 3.71. The molecule has 1 saturated heterocycles. The van der Waals surface area contributed by atoms with Crippen LogP contribution in [-0.2, 0) is 11.3 Å². The Labute approximate surface area is 150 Å². The Morgan fingerprint density at radius 3 is 2.77 bits per heavy atom. The number of hydrogen-bond acceptors (Lipinski definition) is 7. The molecule has 0 unspecified atom stereocenters. The van der Waals surface area contributed by atoms with Crippen LogP contribution >= 0.6 is 0 Å². The summed E-state index contributed by atoms with van der Waals surface area (Å²) in [7, 11) is 0. The van der Waals surface area contributed by atoms with E-state index in [1.807, 2.05) is 13.8 Å². The summed E-state index contributed by atoms with van der Waals surface area (Å²) in [4.78, 5) is 25.7. The first-order valence-electron chi connectivity index (χ1n) is 8.57. The summed E-state index contributed by atoms with van der Waals surface area (Å²) in [5.74, 6) is 0.671. The van der Waals surface area contributed by atoms with E-state index in [-0.39, 0.29) is 18.6 Å². The first-order valence-corrected chi connectivity index (χ1v) is 8.57. The van der Waals surface area contributed by atoms with Gasteiger partial charge in [0, 0.05) is 12.2 Å². The Hall–Kier alpha value is -2.87. The maximum atomic E-state index is 12.4. The molecule has 1 N–H and O–H groups in total. The predicted molar refractivity (Wildman–Crippen MR) is 92.4 cm³/mol. The topological polar surface area (TPSA) is 103 Å². The molecule has 134 valence electrons. The summed E-state index contributed by atoms with van der Waals surface area (Å²) in [6.07, 6.45) is 1.74. The molecule has 0 radical (unpaired) electrons. The molecule has 3 heterocycles. The van der Waals surface area contributed by atoms with Crippen LogP contribution in [0.25, 0.3) is 11.0 Å². The number of nitrogens with zero attached hydrogens (tertiary/aromatic N) is 4. The second-order valence-corrected chi connectivity index (χ2v) is 6.33. The third-order valence-electron chi connectivity index (χ3n) is 4.43. The van der Waals surface area contributed by atoms with E-state index >= 15 is 0 Å². The molecular weight excluding hydrogens is 334 g/mol. The van der Waals surface area contributed by atoms with Crippen molar-refractivity contribution >= 4 is 16.9 Å². The Bertz CT molecular complexity index is 963. The molecule has 4 rings (SSSR count). The number of carbonyl (C=O) groups excluding carboxylic acids is 1. The van der Waals surface area contributed by atoms with Crippen molar-refractivity contribution < 1.29 is 14.1 Å². The summed E-state index contributed by atoms with van der Waals surface area (Å²) in [6.45, 7) is 4.71. The summed E-state index contributed by atoms with van der Waals surface area (Å²) >= 11 is 0. The first-order chi connectivity index (χ1) is 12.6. The van der Waals surface area contributed by atoms with Crippen LogP contribution in [0.2, 0.25) is 0 Å². The van der Waals surface area contributed by atoms with Crippen molar-refractivity contribution in [2.24, 2.45) is 0 Å². The number of hydrogen-bond donors (Lipinski definition) is 1. The van der Waals surface area contributed by atoms with Crippen molar-refractivity contribution in [2.45, 2.75) is 39.3 Å². The zero-order valence-electron chi connectivity index (χ0n) is 14.7. The maximum absolute atomic E-state index is 12.4. The Morgan fingerprint density at radius 2 is 2.00 bits per heavy atom. The van der Waals surface area contributed by atoms with Gasteiger partial charge in [0.2, 0.25) is 0 Å². The molecule has 26 heavy (non-hydrogen) atoms. The van der Waals surface area contributed by atoms with Gasteiger partial charge in [0.15, 0.2) is 5.82 Å². The van der Waals surface area contributed by atoms with E-state index in [1.165, 1.54) is 0 Å². The lowest BCUT2D eigenvalue weighted by atomic mass is 10.1. The normalized spacial score (nSPS) is 16.9. The van der Waals surface area contributed by atoms with Crippen molar-refractivity contribution in [2.75, 3.05) is 6.61 Å². The molecule has 1 aromatic carbocycles. The molecule has 8 nitrogen and oxygen atoms in total. The second-order valence-electron chi connectivity index (χ2n) is 6.33. The highest BCUT2D eigenvalue weighted by molar-refractivity contribution is 5.97. The van der Waals surface area contributed by atoms with Gasteiger partial charge in [0.05, 0.1) is 29.0 Å². The van der Waals surface area contributed by atoms with Gasteiger partial charge in [-0.05, 0) is 44.9 Å². The van der Waals surface area contributed by atoms with Crippen LogP contribution in [0.3, 0.4) is 0 Å². The summed E-state index contributed by atoms with van der Waals surface area (Å²) < 4.78 is 10.7. The van der Waals surface area contributed by atoms with E-state index in [1.54, 1.807) is 18.2 Å². The highest BCUT2D eigenvalue weighted by Crippen LogP contribution is 2.26. The van der Waals surface area contributed by atoms with E-state index in [0.29, 0.717) is 29.4 Å². The Morgan fingerprint density at radius 1 is 1.19 bits per heavy atom. The standard InChI is InChI=1S/C18H19N5O3/c1-10-11(2)21-14-8-12(5-6-13(14)20-10)17(24)19-9-16-22-18(26-23-16)15-4-3-7-25-15/h5-6,8,15H,3-4,7,9H2,1-2H3,(H,19,24)/t15-/m0/s1. The SMILES string of the molecule is Cc1nc2ccc(C(=O)NCc3noc([C@@H]4CCCO4)n3)cc2nc1C. The number of rotatable bonds is 4. The number of nitrogens with one attached hydrogen (secondary N) is 1. The number of amides is 1. The molecule has 1 aliphatic heterocycles. The van der Waals surface area contributed by atoms with Gasteiger partial charge in [0.25, 0.3) is 11.8 Å². The molecule has 1 fully saturated rings. The quantitative estimate of drug-likeness (QED) is 0.768. The van der Waals surface area contributed by atoms with E-state index in [4.69, 9.17) is 9.26 Å². The van der Waals surface area contributed by atoms with Crippen molar-refractivity contribution in [3.8, 4) is 0 Å². The maximum Gasteiger partial charge on any atom is 0.255 e. The number of ether oxygens (including phenoxy) is 1. The molecule has 0 spiro atoms. The molecule has 8 heteroatoms. The van der Waals surface area contributed by atoms with Gasteiger partial charge in [-0.2, -0.15) is 4.98 Å². The van der Waals surface area contributed by atoms with Crippen LogP contribution < -0.4 is 5.32 Å². The van der Waals surface area contributed by atoms with Gasteiger partial charge in [-0.3, -0.25) is 4.79 Å². The summed E-state index contributed by atoms with van der Waals surface area (Å²) in [5, 5.41) is 6.69. The monoisotopic (exact) mass is 353 g/mol. The van der Waals surface area contributed by atoms with Crippen molar-refractivity contribution in [3.63, 3.8) is 0 Å². The van der Waals surface area contributed by atoms with Gasteiger partial charge in [-0.25, -0.2) is 9.97 Å². The minimum Gasteiger partial charge on any atom is -0.368 e. The first kappa shape index (κ1) is 16.6. The lowest BCUT2D eigenvalue weighted by molar-refractivity contribution is 0.0835. The lowest BCUT2D eigenvalue weighted by Crippen LogP contribution is -2.23. The smallest absolute Gasteiger partial charge is 0.255 e. The van der Waals surface area contributed by atoms with Gasteiger partial charge in [-0.15, -0.1) is 0 Å². The van der Waals surface area contributed by atoms with Crippen molar-refractivity contribution in [1.29, 1.82) is 0 Å². The molecular formula is C18H19N5O3. The molecule has 0 bridgehead atoms. The Kier molecular flexibility index (Phi) is 4.34. The highest BCUT2D eigenvalue weighted by atomic mass is 16.5. The van der Waals surface area contributed by atoms with Gasteiger partial charge >= 0.3 is 0 Å². The van der Waals surface area contributed by atoms with Crippen LogP contribution in [0.4, 0.5) is 0 Å². The number of fused-ring (bicyclic) bond motifs is 1. The molecule has 0 aliphatic carbocycles. The van der Waals surface area contributed by atoms with Crippen molar-refractivity contribution in [3.05, 3.63) is 46.9 Å². The third kappa shape index (κ3) is 3.28. The zero-order valence-corrected chi connectivity index (χ0v) is 14.7. The van der Waals surface area contributed by atoms with Gasteiger partial charge < -0.3 is 14.6 Å². The van der Waals surface area contributed by atoms with Gasteiger partial charge in [0.1, 0.15) is 6.10 Å². The minimum atomic E-state index is -0.226. The number of aryl methyl sites for hydroxylation is 2. The number of carbonyl (C=O) groups is 1. The second kappa shape index (κ2) is 6.80. The van der Waals surface area contributed by atoms with E-state index in [2.05, 4.69) is 25.4 Å². The van der Waals surface area contributed by atoms with Crippen LogP contribution in [-0.4, -0.2) is 32.6 Å². The van der Waals surface area contributed by atoms with Crippen LogP contribution in [0, 0.1) is 13.8 Å². The average molecular weight is 353 g/mol. The summed E-state index contributed by atoms with van der Waals surface area (Å²) in [6, 6.07) is 5.26. The Balaban J connectivity index is 1.44. The van der Waals surface area contributed by atoms with Crippen LogP contribution in [0.15, 0.2) is 22.7 Å². The molecule has 2 aromatic heterocycles. The lowest BCUT2D eigenvalue weighted by Gasteiger charge is -2.06. The largest absolute Gasteiger partial charge is 0.368 e. The predicted octanol–water partition coefficient (Wildman–Crippen LogP) is 2.41. The highest BCUT2D eigenvalue weighted by Gasteiger charge is 2.23. The fourth-order valence-corrected chi connectivity index (χ4v) is 2.88. The molecule has 3 aromatic rings. The molecule has 1 atom stereocenters. The minimum absolute atomic E-state index is 0.127. The van der Waals surface area contributed by atoms with E-state index in [9.17, 15) is 4.79 Å². The fraction of sp³-hybridized carbons (Fsp3) is 0.389. The zero-order chi connectivity index (χ0) is 18.1. The fourth-order valence-electron chi connectivity index (χ4n) is 2.88. The molecule has 1 amide bonds.